The van der Waals surface area contributed by atoms with E-state index in [0.29, 0.717) is 0 Å². The molecule has 0 radical (unpaired) electrons. The molecule has 2 heterocycles. The van der Waals surface area contributed by atoms with Crippen molar-refractivity contribution in [2.45, 2.75) is 164 Å². The van der Waals surface area contributed by atoms with E-state index in [1.807, 2.05) is 0 Å². The third kappa shape index (κ3) is 28.8. The van der Waals surface area contributed by atoms with Gasteiger partial charge in [-0.05, 0) is 122 Å². The lowest BCUT2D eigenvalue weighted by atomic mass is 9.76. The fourth-order valence-electron chi connectivity index (χ4n) is 14.2. The van der Waals surface area contributed by atoms with E-state index in [-0.39, 0.29) is 70.6 Å². The Balaban J connectivity index is 3.12. The first-order valence-corrected chi connectivity index (χ1v) is 35.6. The zero-order valence-electron chi connectivity index (χ0n) is 60.8. The summed E-state index contributed by atoms with van der Waals surface area (Å²) in [6, 6.07) is 0. The van der Waals surface area contributed by atoms with E-state index in [2.05, 4.69) is 42.5 Å². The van der Waals surface area contributed by atoms with E-state index in [9.17, 15) is 91.1 Å². The van der Waals surface area contributed by atoms with Crippen LogP contribution in [0.4, 0.5) is 0 Å². The summed E-state index contributed by atoms with van der Waals surface area (Å²) in [5, 5.41) is 20.2. The molecule has 38 heteroatoms. The van der Waals surface area contributed by atoms with Gasteiger partial charge in [-0.2, -0.15) is 0 Å². The Labute approximate surface area is 609 Å². The van der Waals surface area contributed by atoms with Gasteiger partial charge in [-0.3, -0.25) is 91.1 Å². The van der Waals surface area contributed by atoms with Gasteiger partial charge in [0.05, 0.1) is 44.4 Å². The number of fused-ring (bicyclic) bond motifs is 5. The number of nitrogens with one attached hydrogen (secondary N) is 8. The molecule has 38 nitrogen and oxygen atoms in total. The monoisotopic (exact) mass is 1490 g/mol. The zero-order chi connectivity index (χ0) is 79.9. The van der Waals surface area contributed by atoms with Crippen LogP contribution in [0, 0.1) is 112 Å². The van der Waals surface area contributed by atoms with Crippen LogP contribution in [0.1, 0.15) is 164 Å². The Hall–Kier alpha value is -10.1. The quantitative estimate of drug-likeness (QED) is 0.0453. The van der Waals surface area contributed by atoms with Crippen molar-refractivity contribution >= 4 is 112 Å². The van der Waals surface area contributed by atoms with E-state index in [1.165, 1.54) is 27.7 Å². The molecule has 2 bridgehead atoms. The van der Waals surface area contributed by atoms with Crippen molar-refractivity contribution in [2.24, 2.45) is 176 Å². The molecule has 0 aromatic carbocycles. The second kappa shape index (κ2) is 44.6. The number of nitrogens with two attached hydrogens (primary N) is 11. The molecule has 2 aliphatic rings. The van der Waals surface area contributed by atoms with Crippen molar-refractivity contribution in [2.75, 3.05) is 26.7 Å². The average molecular weight is 1490 g/mol. The first kappa shape index (κ1) is 91.0. The highest BCUT2D eigenvalue weighted by Crippen LogP contribution is 2.36. The van der Waals surface area contributed by atoms with Crippen molar-refractivity contribution in [3.8, 4) is 0 Å². The molecule has 0 spiro atoms. The van der Waals surface area contributed by atoms with Crippen molar-refractivity contribution in [1.82, 2.24) is 42.5 Å². The van der Waals surface area contributed by atoms with Crippen LogP contribution >= 0.6 is 0 Å². The fourth-order valence-corrected chi connectivity index (χ4v) is 14.2. The lowest BCUT2D eigenvalue weighted by Crippen LogP contribution is -2.49. The molecule has 0 aromatic rings. The van der Waals surface area contributed by atoms with Gasteiger partial charge >= 0.3 is 0 Å². The highest BCUT2D eigenvalue weighted by molar-refractivity contribution is 5.93. The van der Waals surface area contributed by atoms with Crippen molar-refractivity contribution < 1.29 is 91.1 Å². The van der Waals surface area contributed by atoms with E-state index in [4.69, 9.17) is 63.1 Å². The van der Waals surface area contributed by atoms with Crippen LogP contribution in [0.3, 0.4) is 0 Å². The lowest BCUT2D eigenvalue weighted by molar-refractivity contribution is -0.137. The van der Waals surface area contributed by atoms with E-state index < -0.39 is 303 Å². The Morgan fingerprint density at radius 3 is 1.08 bits per heavy atom. The van der Waals surface area contributed by atoms with Crippen molar-refractivity contribution in [3.05, 3.63) is 0 Å². The molecule has 590 valence electrons. The van der Waals surface area contributed by atoms with Crippen LogP contribution in [0.2, 0.25) is 0 Å². The minimum absolute atomic E-state index is 0.00633. The van der Waals surface area contributed by atoms with Gasteiger partial charge in [-0.15, -0.1) is 0 Å². The molecule has 105 heavy (non-hydrogen) atoms. The summed E-state index contributed by atoms with van der Waals surface area (Å²) < 4.78 is 0. The summed E-state index contributed by atoms with van der Waals surface area (Å²) in [6.45, 7) is 6.18. The SMILES string of the molecule is CCC1CC(C(N)=O)C(C(N)=O)CCC(C(N)=O)CC(CC(C)C(N)=O)C(=O)NCNC(=O)C(CC)C(C(N)=O)CC2CC(C(N)=O)CCC(C(=O)NCNC1=O)C(CC)C(=O)NCNC(=O)C(CC)C(C(N)=O)CCC(C(N)=O)CC(CC(C(N)=O)C(CCC(C)C(N)=O)C(N)=O)C(=O)NCNC2=O. The number of primary amides is 11. The largest absolute Gasteiger partial charge is 0.369 e. The first-order valence-electron chi connectivity index (χ1n) is 35.6. The van der Waals surface area contributed by atoms with Crippen LogP contribution in [-0.2, 0) is 91.1 Å². The minimum Gasteiger partial charge on any atom is -0.369 e. The Kier molecular flexibility index (Phi) is 38.6. The number of amides is 19. The van der Waals surface area contributed by atoms with Gasteiger partial charge in [-0.1, -0.05) is 41.5 Å². The van der Waals surface area contributed by atoms with Gasteiger partial charge < -0.3 is 106 Å². The maximum atomic E-state index is 15.0. The molecule has 0 aliphatic carbocycles. The van der Waals surface area contributed by atoms with Gasteiger partial charge in [0, 0.05) is 94.7 Å². The molecule has 19 unspecified atom stereocenters. The third-order valence-electron chi connectivity index (χ3n) is 20.9. The Morgan fingerprint density at radius 2 is 0.676 bits per heavy atom. The van der Waals surface area contributed by atoms with Crippen molar-refractivity contribution in [3.63, 3.8) is 0 Å². The fraction of sp³-hybridized carbons (Fsp3) is 0.716. The Bertz CT molecular complexity index is 3160. The molecule has 19 atom stereocenters. The number of carbonyl (C=O) groups excluding carboxylic acids is 19. The van der Waals surface area contributed by atoms with Crippen LogP contribution in [-0.4, -0.2) is 139 Å². The predicted molar refractivity (Wildman–Crippen MR) is 374 cm³/mol. The number of hydrogen-bond acceptors (Lipinski definition) is 19. The van der Waals surface area contributed by atoms with Gasteiger partial charge in [0.15, 0.2) is 0 Å². The molecule has 2 saturated heterocycles. The second-order valence-electron chi connectivity index (χ2n) is 27.8. The molecular weight excluding hydrogens is 1370 g/mol. The normalized spacial score (nSPS) is 28.4. The lowest BCUT2D eigenvalue weighted by Gasteiger charge is -2.30. The summed E-state index contributed by atoms with van der Waals surface area (Å²) in [7, 11) is 0. The minimum atomic E-state index is -1.62. The first-order chi connectivity index (χ1) is 49.2. The zero-order valence-corrected chi connectivity index (χ0v) is 60.8. The molecule has 2 fully saturated rings. The molecule has 2 rings (SSSR count). The smallest absolute Gasteiger partial charge is 0.225 e. The third-order valence-corrected chi connectivity index (χ3v) is 20.9. The molecule has 2 aliphatic heterocycles. The molecular formula is C67H113N19O19. The molecule has 0 aromatic heterocycles. The van der Waals surface area contributed by atoms with Crippen LogP contribution in [0.25, 0.3) is 0 Å². The number of rotatable bonds is 23. The summed E-state index contributed by atoms with van der Waals surface area (Å²) in [6.07, 6.45) is -6.34. The highest BCUT2D eigenvalue weighted by atomic mass is 16.2. The highest BCUT2D eigenvalue weighted by Gasteiger charge is 2.43. The van der Waals surface area contributed by atoms with Gasteiger partial charge in [0.2, 0.25) is 112 Å². The Morgan fingerprint density at radius 1 is 0.314 bits per heavy atom. The summed E-state index contributed by atoms with van der Waals surface area (Å²) in [5.41, 5.74) is 64.4. The van der Waals surface area contributed by atoms with Gasteiger partial charge in [0.1, 0.15) is 0 Å². The van der Waals surface area contributed by atoms with E-state index in [1.54, 1.807) is 13.8 Å². The number of carbonyl (C=O) groups is 19. The summed E-state index contributed by atoms with van der Waals surface area (Å²) >= 11 is 0. The van der Waals surface area contributed by atoms with E-state index in [0.717, 1.165) is 0 Å². The topological polar surface area (TPSA) is 707 Å². The summed E-state index contributed by atoms with van der Waals surface area (Å²) in [5.74, 6) is -44.2. The van der Waals surface area contributed by atoms with Gasteiger partial charge in [0.25, 0.3) is 0 Å². The maximum Gasteiger partial charge on any atom is 0.225 e. The average Bonchev–Trinajstić information content (AvgIpc) is 0.853. The second-order valence-corrected chi connectivity index (χ2v) is 27.8. The molecule has 0 saturated carbocycles. The molecule has 19 amide bonds. The predicted octanol–water partition coefficient (Wildman–Crippen LogP) is -5.65. The van der Waals surface area contributed by atoms with Crippen molar-refractivity contribution in [1.29, 1.82) is 0 Å². The van der Waals surface area contributed by atoms with Crippen LogP contribution in [0.5, 0.6) is 0 Å². The number of hydrogen-bond donors (Lipinski definition) is 19. The molecule has 30 N–H and O–H groups in total. The summed E-state index contributed by atoms with van der Waals surface area (Å²) in [4.78, 5) is 260. The van der Waals surface area contributed by atoms with E-state index >= 15 is 0 Å². The standard InChI is InChI=1S/C67H113N19O19/c1-7-32-23-47(58(77)96)44(56(75)94)17-13-33(51(70)89)20-36(19-31(6)50(69)88)61(99)82-28-83-66(104)41(10-4)46(57(76)95)24-37-22-35(53(72)91)14-18-45(67(105)86-27-79-60(32)98)40(9-3)65(103)85-29-84-64(102)39(8-2)42(54(73)92)16-12-34(52(71)90)21-38(63(101)81-26-80-62(37)100)25-48(59(78)97)43(55(74)93)15-11-30(5)49(68)87/h30-48H,7-29H2,1-6H3,(H2,68,87)(H2,69,88)(H2,70,89)(H2,71,90)(H2,72,91)(H2,73,92)(H2,74,93)(H2,75,94)(H2,76,95)(H2,77,96)(H2,78,97)(H,79,98)(H,80,100)(H,81,101)(H,82,99)(H,83,104)(H,84,102)(H,85,103)(H,86,105). The maximum absolute atomic E-state index is 15.0. The van der Waals surface area contributed by atoms with Crippen LogP contribution in [0.15, 0.2) is 0 Å². The van der Waals surface area contributed by atoms with Crippen LogP contribution < -0.4 is 106 Å². The van der Waals surface area contributed by atoms with Gasteiger partial charge in [-0.25, -0.2) is 0 Å².